The number of benzene rings is 2. The molecule has 0 saturated carbocycles. The van der Waals surface area contributed by atoms with Crippen LogP contribution in [0.15, 0.2) is 48.5 Å². The fourth-order valence-electron chi connectivity index (χ4n) is 4.41. The van der Waals surface area contributed by atoms with Gasteiger partial charge in [-0.3, -0.25) is 9.69 Å². The SMILES string of the molecule is CCNC(=O)[C@H]1Cc2ccccc2N2CCN(Cc3ccc(Cl)cc3)C[C@@H]12. The molecule has 1 fully saturated rings. The average molecular weight is 384 g/mol. The van der Waals surface area contributed by atoms with Gasteiger partial charge in [-0.25, -0.2) is 0 Å². The molecule has 0 bridgehead atoms. The van der Waals surface area contributed by atoms with E-state index in [0.29, 0.717) is 6.54 Å². The molecule has 0 aromatic heterocycles. The fourth-order valence-corrected chi connectivity index (χ4v) is 4.54. The Hall–Kier alpha value is -2.04. The van der Waals surface area contributed by atoms with Crippen molar-refractivity contribution in [1.29, 1.82) is 0 Å². The first kappa shape index (κ1) is 18.3. The minimum Gasteiger partial charge on any atom is -0.365 e. The van der Waals surface area contributed by atoms with Crippen molar-refractivity contribution in [2.45, 2.75) is 25.9 Å². The van der Waals surface area contributed by atoms with Gasteiger partial charge in [-0.05, 0) is 42.7 Å². The Balaban J connectivity index is 1.56. The maximum atomic E-state index is 12.8. The number of hydrogen-bond donors (Lipinski definition) is 1. The van der Waals surface area contributed by atoms with E-state index in [9.17, 15) is 4.79 Å². The van der Waals surface area contributed by atoms with Crippen molar-refractivity contribution >= 4 is 23.2 Å². The first-order valence-electron chi connectivity index (χ1n) is 9.74. The molecule has 2 heterocycles. The third kappa shape index (κ3) is 3.83. The van der Waals surface area contributed by atoms with E-state index in [4.69, 9.17) is 11.6 Å². The van der Waals surface area contributed by atoms with E-state index in [1.54, 1.807) is 0 Å². The second-order valence-corrected chi connectivity index (χ2v) is 7.89. The van der Waals surface area contributed by atoms with Gasteiger partial charge in [0.25, 0.3) is 0 Å². The second-order valence-electron chi connectivity index (χ2n) is 7.46. The molecule has 2 aliphatic heterocycles. The van der Waals surface area contributed by atoms with Crippen molar-refractivity contribution in [3.05, 3.63) is 64.7 Å². The highest BCUT2D eigenvalue weighted by Crippen LogP contribution is 2.36. The Morgan fingerprint density at radius 1 is 1.15 bits per heavy atom. The number of anilines is 1. The van der Waals surface area contributed by atoms with Gasteiger partial charge in [-0.1, -0.05) is 41.9 Å². The van der Waals surface area contributed by atoms with Crippen LogP contribution in [0.4, 0.5) is 5.69 Å². The monoisotopic (exact) mass is 383 g/mol. The Morgan fingerprint density at radius 2 is 1.93 bits per heavy atom. The predicted molar refractivity (Wildman–Crippen MR) is 110 cm³/mol. The quantitative estimate of drug-likeness (QED) is 0.879. The van der Waals surface area contributed by atoms with E-state index in [-0.39, 0.29) is 17.9 Å². The topological polar surface area (TPSA) is 35.6 Å². The number of amides is 1. The van der Waals surface area contributed by atoms with E-state index in [1.165, 1.54) is 16.8 Å². The molecule has 1 amide bonds. The molecule has 2 atom stereocenters. The second kappa shape index (κ2) is 7.91. The minimum absolute atomic E-state index is 0.00660. The number of halogens is 1. The molecule has 0 aliphatic carbocycles. The summed E-state index contributed by atoms with van der Waals surface area (Å²) in [5.74, 6) is 0.170. The van der Waals surface area contributed by atoms with Crippen molar-refractivity contribution in [1.82, 2.24) is 10.2 Å². The number of para-hydroxylation sites is 1. The van der Waals surface area contributed by atoms with Gasteiger partial charge in [0, 0.05) is 43.4 Å². The maximum absolute atomic E-state index is 12.8. The average Bonchev–Trinajstić information content (AvgIpc) is 2.69. The lowest BCUT2D eigenvalue weighted by molar-refractivity contribution is -0.126. The van der Waals surface area contributed by atoms with Crippen molar-refractivity contribution in [3.63, 3.8) is 0 Å². The predicted octanol–water partition coefficient (Wildman–Crippen LogP) is 3.34. The highest BCUT2D eigenvalue weighted by Gasteiger charge is 2.41. The van der Waals surface area contributed by atoms with Crippen LogP contribution in [0.1, 0.15) is 18.1 Å². The van der Waals surface area contributed by atoms with Crippen LogP contribution >= 0.6 is 11.6 Å². The summed E-state index contributed by atoms with van der Waals surface area (Å²) >= 11 is 6.01. The molecule has 0 unspecified atom stereocenters. The molecule has 2 aromatic carbocycles. The summed E-state index contributed by atoms with van der Waals surface area (Å²) in [6.45, 7) is 6.41. The molecule has 1 N–H and O–H groups in total. The molecule has 2 aliphatic rings. The Kier molecular flexibility index (Phi) is 5.37. The van der Waals surface area contributed by atoms with Gasteiger partial charge >= 0.3 is 0 Å². The molecule has 142 valence electrons. The van der Waals surface area contributed by atoms with Crippen molar-refractivity contribution < 1.29 is 4.79 Å². The summed E-state index contributed by atoms with van der Waals surface area (Å²) in [6.07, 6.45) is 0.817. The number of piperazine rings is 1. The molecule has 0 spiro atoms. The van der Waals surface area contributed by atoms with Crippen molar-refractivity contribution in [2.24, 2.45) is 5.92 Å². The molecular formula is C22H26ClN3O. The summed E-state index contributed by atoms with van der Waals surface area (Å²) in [4.78, 5) is 17.7. The molecule has 0 radical (unpaired) electrons. The fraction of sp³-hybridized carbons (Fsp3) is 0.409. The Bertz CT molecular complexity index is 807. The molecule has 4 rings (SSSR count). The summed E-state index contributed by atoms with van der Waals surface area (Å²) < 4.78 is 0. The van der Waals surface area contributed by atoms with E-state index >= 15 is 0 Å². The highest BCUT2D eigenvalue weighted by molar-refractivity contribution is 6.30. The van der Waals surface area contributed by atoms with Crippen LogP contribution in [0.25, 0.3) is 0 Å². The van der Waals surface area contributed by atoms with Gasteiger partial charge in [0.15, 0.2) is 0 Å². The molecule has 5 heteroatoms. The van der Waals surface area contributed by atoms with Crippen LogP contribution in [0.5, 0.6) is 0 Å². The molecular weight excluding hydrogens is 358 g/mol. The van der Waals surface area contributed by atoms with Gasteiger partial charge in [0.2, 0.25) is 5.91 Å². The zero-order valence-electron chi connectivity index (χ0n) is 15.7. The number of carbonyl (C=O) groups is 1. The molecule has 4 nitrogen and oxygen atoms in total. The van der Waals surface area contributed by atoms with Gasteiger partial charge in [-0.2, -0.15) is 0 Å². The van der Waals surface area contributed by atoms with Gasteiger partial charge in [-0.15, -0.1) is 0 Å². The number of nitrogens with zero attached hydrogens (tertiary/aromatic N) is 2. The number of fused-ring (bicyclic) bond motifs is 3. The van der Waals surface area contributed by atoms with E-state index in [2.05, 4.69) is 51.5 Å². The molecule has 2 aromatic rings. The third-order valence-corrected chi connectivity index (χ3v) is 5.97. The lowest BCUT2D eigenvalue weighted by atomic mass is 9.83. The lowest BCUT2D eigenvalue weighted by Crippen LogP contribution is -2.60. The van der Waals surface area contributed by atoms with Crippen LogP contribution < -0.4 is 10.2 Å². The third-order valence-electron chi connectivity index (χ3n) is 5.72. The minimum atomic E-state index is -0.00660. The van der Waals surface area contributed by atoms with Gasteiger partial charge in [0.1, 0.15) is 0 Å². The van der Waals surface area contributed by atoms with E-state index < -0.39 is 0 Å². The normalized spacial score (nSPS) is 22.1. The van der Waals surface area contributed by atoms with Crippen LogP contribution in [-0.2, 0) is 17.8 Å². The van der Waals surface area contributed by atoms with Gasteiger partial charge < -0.3 is 10.2 Å². The largest absolute Gasteiger partial charge is 0.365 e. The highest BCUT2D eigenvalue weighted by atomic mass is 35.5. The molecule has 27 heavy (non-hydrogen) atoms. The van der Waals surface area contributed by atoms with Crippen molar-refractivity contribution in [3.8, 4) is 0 Å². The Labute approximate surface area is 166 Å². The smallest absolute Gasteiger partial charge is 0.225 e. The van der Waals surface area contributed by atoms with Crippen LogP contribution in [0.3, 0.4) is 0 Å². The van der Waals surface area contributed by atoms with Gasteiger partial charge in [0.05, 0.1) is 12.0 Å². The van der Waals surface area contributed by atoms with Crippen LogP contribution in [0.2, 0.25) is 5.02 Å². The summed E-state index contributed by atoms with van der Waals surface area (Å²) in [5, 5.41) is 3.82. The summed E-state index contributed by atoms with van der Waals surface area (Å²) in [7, 11) is 0. The number of hydrogen-bond acceptors (Lipinski definition) is 3. The van der Waals surface area contributed by atoms with E-state index in [1.807, 2.05) is 19.1 Å². The summed E-state index contributed by atoms with van der Waals surface area (Å²) in [5.41, 5.74) is 3.85. The zero-order valence-corrected chi connectivity index (χ0v) is 16.5. The van der Waals surface area contributed by atoms with Crippen LogP contribution in [-0.4, -0.2) is 43.0 Å². The first-order chi connectivity index (χ1) is 13.2. The summed E-state index contributed by atoms with van der Waals surface area (Å²) in [6, 6.07) is 16.8. The first-order valence-corrected chi connectivity index (χ1v) is 10.1. The zero-order chi connectivity index (χ0) is 18.8. The molecule has 1 saturated heterocycles. The Morgan fingerprint density at radius 3 is 2.70 bits per heavy atom. The van der Waals surface area contributed by atoms with Crippen molar-refractivity contribution in [2.75, 3.05) is 31.1 Å². The number of nitrogens with one attached hydrogen (secondary N) is 1. The van der Waals surface area contributed by atoms with E-state index in [0.717, 1.165) is 37.6 Å². The number of carbonyl (C=O) groups excluding carboxylic acids is 1. The number of rotatable bonds is 4. The standard InChI is InChI=1S/C22H26ClN3O/c1-2-24-22(27)19-13-17-5-3-4-6-20(17)26-12-11-25(15-21(19)26)14-16-7-9-18(23)10-8-16/h3-10,19,21H,2,11-15H2,1H3,(H,24,27)/t19-,21-/m0/s1. The van der Waals surface area contributed by atoms with Crippen LogP contribution in [0, 0.1) is 5.92 Å². The maximum Gasteiger partial charge on any atom is 0.225 e. The lowest BCUT2D eigenvalue weighted by Gasteiger charge is -2.49.